The number of carbonyl (C=O) groups is 2. The lowest BCUT2D eigenvalue weighted by atomic mass is 10.1. The van der Waals surface area contributed by atoms with Crippen molar-refractivity contribution in [2.45, 2.75) is 0 Å². The van der Waals surface area contributed by atoms with Gasteiger partial charge >= 0.3 is 5.97 Å². The lowest BCUT2D eigenvalue weighted by Gasteiger charge is -2.05. The van der Waals surface area contributed by atoms with Gasteiger partial charge in [-0.2, -0.15) is 0 Å². The number of ether oxygens (including phenoxy) is 2. The molecule has 2 rings (SSSR count). The van der Waals surface area contributed by atoms with Crippen LogP contribution in [-0.2, 0) is 4.74 Å². The third-order valence-electron chi connectivity index (χ3n) is 2.68. The number of aromatic amines is 1. The summed E-state index contributed by atoms with van der Waals surface area (Å²) in [6, 6.07) is 5.32. The molecule has 0 aliphatic rings. The van der Waals surface area contributed by atoms with Crippen LogP contribution in [0.2, 0.25) is 0 Å². The number of ketones is 1. The standard InChI is InChI=1S/C14H11BrFNO4/c1-20-13-3-2-8(4-10(13)16)12(18)7-21-14(19)11-5-9(15)6-17-11/h2-6,17H,7H2,1H3. The third kappa shape index (κ3) is 3.69. The first-order valence-electron chi connectivity index (χ1n) is 5.89. The largest absolute Gasteiger partial charge is 0.494 e. The number of benzene rings is 1. The number of Topliss-reactive ketones (excluding diaryl/α,β-unsaturated/α-hetero) is 1. The van der Waals surface area contributed by atoms with E-state index in [-0.39, 0.29) is 17.0 Å². The summed E-state index contributed by atoms with van der Waals surface area (Å²) in [4.78, 5) is 26.2. The summed E-state index contributed by atoms with van der Waals surface area (Å²) in [6.45, 7) is -0.471. The van der Waals surface area contributed by atoms with E-state index in [2.05, 4.69) is 20.9 Å². The molecule has 0 fully saturated rings. The predicted molar refractivity (Wildman–Crippen MR) is 76.1 cm³/mol. The molecule has 0 atom stereocenters. The monoisotopic (exact) mass is 355 g/mol. The van der Waals surface area contributed by atoms with E-state index in [1.165, 1.54) is 25.3 Å². The first-order valence-corrected chi connectivity index (χ1v) is 6.68. The summed E-state index contributed by atoms with van der Waals surface area (Å²) >= 11 is 3.18. The number of rotatable bonds is 5. The van der Waals surface area contributed by atoms with Crippen molar-refractivity contribution in [3.05, 3.63) is 52.0 Å². The molecule has 1 N–H and O–H groups in total. The van der Waals surface area contributed by atoms with Gasteiger partial charge in [-0.3, -0.25) is 4.79 Å². The molecule has 1 heterocycles. The Morgan fingerprint density at radius 3 is 2.67 bits per heavy atom. The molecule has 0 bridgehead atoms. The van der Waals surface area contributed by atoms with Gasteiger partial charge in [0.25, 0.3) is 0 Å². The predicted octanol–water partition coefficient (Wildman–Crippen LogP) is 2.96. The van der Waals surface area contributed by atoms with Gasteiger partial charge < -0.3 is 14.5 Å². The second kappa shape index (κ2) is 6.53. The van der Waals surface area contributed by atoms with E-state index in [1.54, 1.807) is 6.20 Å². The fraction of sp³-hybridized carbons (Fsp3) is 0.143. The highest BCUT2D eigenvalue weighted by Crippen LogP contribution is 2.18. The first kappa shape index (κ1) is 15.2. The molecule has 1 aromatic carbocycles. The highest BCUT2D eigenvalue weighted by Gasteiger charge is 2.14. The Hall–Kier alpha value is -2.15. The maximum Gasteiger partial charge on any atom is 0.355 e. The van der Waals surface area contributed by atoms with Gasteiger partial charge in [0.2, 0.25) is 0 Å². The highest BCUT2D eigenvalue weighted by molar-refractivity contribution is 9.10. The lowest BCUT2D eigenvalue weighted by molar-refractivity contribution is 0.0469. The number of methoxy groups -OCH3 is 1. The molecule has 110 valence electrons. The van der Waals surface area contributed by atoms with Crippen molar-refractivity contribution in [3.63, 3.8) is 0 Å². The van der Waals surface area contributed by atoms with Crippen LogP contribution in [0.4, 0.5) is 4.39 Å². The summed E-state index contributed by atoms with van der Waals surface area (Å²) in [5.74, 6) is -1.78. The molecule has 0 saturated carbocycles. The number of hydrogen-bond donors (Lipinski definition) is 1. The van der Waals surface area contributed by atoms with Crippen molar-refractivity contribution < 1.29 is 23.5 Å². The molecule has 0 amide bonds. The summed E-state index contributed by atoms with van der Waals surface area (Å²) < 4.78 is 23.8. The zero-order chi connectivity index (χ0) is 15.4. The Bertz CT molecular complexity index is 683. The molecular weight excluding hydrogens is 345 g/mol. The Morgan fingerprint density at radius 2 is 2.10 bits per heavy atom. The molecule has 0 aliphatic carbocycles. The van der Waals surface area contributed by atoms with Crippen LogP contribution in [0.25, 0.3) is 0 Å². The van der Waals surface area contributed by atoms with Crippen LogP contribution in [0.5, 0.6) is 5.75 Å². The Balaban J connectivity index is 1.98. The Kier molecular flexibility index (Phi) is 4.74. The minimum Gasteiger partial charge on any atom is -0.494 e. The van der Waals surface area contributed by atoms with Crippen molar-refractivity contribution in [1.82, 2.24) is 4.98 Å². The van der Waals surface area contributed by atoms with E-state index >= 15 is 0 Å². The molecule has 7 heteroatoms. The maximum absolute atomic E-state index is 13.5. The maximum atomic E-state index is 13.5. The number of halogens is 2. The number of esters is 1. The zero-order valence-electron chi connectivity index (χ0n) is 11.0. The van der Waals surface area contributed by atoms with Crippen molar-refractivity contribution in [2.75, 3.05) is 13.7 Å². The van der Waals surface area contributed by atoms with Gasteiger partial charge in [0.15, 0.2) is 24.0 Å². The normalized spacial score (nSPS) is 10.2. The number of aromatic nitrogens is 1. The second-order valence-electron chi connectivity index (χ2n) is 4.08. The third-order valence-corrected chi connectivity index (χ3v) is 3.13. The van der Waals surface area contributed by atoms with Gasteiger partial charge in [-0.15, -0.1) is 0 Å². The highest BCUT2D eigenvalue weighted by atomic mass is 79.9. The van der Waals surface area contributed by atoms with Gasteiger partial charge in [0.05, 0.1) is 7.11 Å². The molecule has 0 unspecified atom stereocenters. The average Bonchev–Trinajstić information content (AvgIpc) is 2.91. The molecule has 0 radical (unpaired) electrons. The van der Waals surface area contributed by atoms with E-state index in [9.17, 15) is 14.0 Å². The smallest absolute Gasteiger partial charge is 0.355 e. The summed E-state index contributed by atoms with van der Waals surface area (Å²) in [6.07, 6.45) is 1.57. The van der Waals surface area contributed by atoms with Crippen molar-refractivity contribution in [1.29, 1.82) is 0 Å². The molecule has 21 heavy (non-hydrogen) atoms. The number of H-pyrrole nitrogens is 1. The van der Waals surface area contributed by atoms with Gasteiger partial charge in [0, 0.05) is 16.2 Å². The van der Waals surface area contributed by atoms with Crippen LogP contribution in [0.15, 0.2) is 34.9 Å². The number of hydrogen-bond acceptors (Lipinski definition) is 4. The first-order chi connectivity index (χ1) is 10.0. The van der Waals surface area contributed by atoms with Gasteiger partial charge in [-0.25, -0.2) is 9.18 Å². The topological polar surface area (TPSA) is 68.4 Å². The zero-order valence-corrected chi connectivity index (χ0v) is 12.6. The van der Waals surface area contributed by atoms with Gasteiger partial charge in [-0.1, -0.05) is 0 Å². The molecule has 0 saturated heterocycles. The van der Waals surface area contributed by atoms with Crippen LogP contribution in [0.1, 0.15) is 20.8 Å². The average molecular weight is 356 g/mol. The van der Waals surface area contributed by atoms with E-state index < -0.39 is 24.2 Å². The molecule has 1 aromatic heterocycles. The minimum atomic E-state index is -0.664. The van der Waals surface area contributed by atoms with Crippen LogP contribution < -0.4 is 4.74 Å². The van der Waals surface area contributed by atoms with Crippen LogP contribution in [0.3, 0.4) is 0 Å². The fourth-order valence-electron chi connectivity index (χ4n) is 1.62. The second-order valence-corrected chi connectivity index (χ2v) is 5.00. The molecule has 0 aliphatic heterocycles. The van der Waals surface area contributed by atoms with Crippen molar-refractivity contribution in [2.24, 2.45) is 0 Å². The van der Waals surface area contributed by atoms with Gasteiger partial charge in [-0.05, 0) is 40.2 Å². The molecular formula is C14H11BrFNO4. The van der Waals surface area contributed by atoms with E-state index in [0.29, 0.717) is 4.47 Å². The molecule has 5 nitrogen and oxygen atoms in total. The summed E-state index contributed by atoms with van der Waals surface area (Å²) in [7, 11) is 1.33. The van der Waals surface area contributed by atoms with Crippen LogP contribution >= 0.6 is 15.9 Å². The molecule has 0 spiro atoms. The van der Waals surface area contributed by atoms with E-state index in [1.807, 2.05) is 0 Å². The van der Waals surface area contributed by atoms with Crippen molar-refractivity contribution >= 4 is 27.7 Å². The van der Waals surface area contributed by atoms with Crippen molar-refractivity contribution in [3.8, 4) is 5.75 Å². The SMILES string of the molecule is COc1ccc(C(=O)COC(=O)c2cc(Br)c[nH]2)cc1F. The fourth-order valence-corrected chi connectivity index (χ4v) is 1.96. The summed E-state index contributed by atoms with van der Waals surface area (Å²) in [5.41, 5.74) is 0.323. The number of nitrogens with one attached hydrogen (secondary N) is 1. The Labute approximate surface area is 128 Å². The summed E-state index contributed by atoms with van der Waals surface area (Å²) in [5, 5.41) is 0. The van der Waals surface area contributed by atoms with Crippen LogP contribution in [0, 0.1) is 5.82 Å². The number of carbonyl (C=O) groups excluding carboxylic acids is 2. The van der Waals surface area contributed by atoms with Gasteiger partial charge in [0.1, 0.15) is 5.69 Å². The quantitative estimate of drug-likeness (QED) is 0.661. The Morgan fingerprint density at radius 1 is 1.33 bits per heavy atom. The lowest BCUT2D eigenvalue weighted by Crippen LogP contribution is -2.14. The van der Waals surface area contributed by atoms with E-state index in [4.69, 9.17) is 9.47 Å². The minimum absolute atomic E-state index is 0.0415. The molecule has 2 aromatic rings. The van der Waals surface area contributed by atoms with Crippen LogP contribution in [-0.4, -0.2) is 30.5 Å². The van der Waals surface area contributed by atoms with E-state index in [0.717, 1.165) is 6.07 Å².